The number of aromatic nitrogens is 1. The van der Waals surface area contributed by atoms with Gasteiger partial charge in [-0.15, -0.1) is 0 Å². The molecule has 0 amide bonds. The van der Waals surface area contributed by atoms with E-state index < -0.39 is 11.8 Å². The Morgan fingerprint density at radius 3 is 2.73 bits per heavy atom. The van der Waals surface area contributed by atoms with E-state index >= 15 is 0 Å². The normalized spacial score (nSPS) is 10.6. The number of aryl methyl sites for hydroxylation is 1. The number of carboxylic acids is 1. The molecule has 4 nitrogen and oxygen atoms in total. The largest absolute Gasteiger partial charge is 0.497 e. The molecule has 0 saturated carbocycles. The number of ether oxygens (including phenoxy) is 1. The van der Waals surface area contributed by atoms with Gasteiger partial charge in [-0.1, -0.05) is 18.2 Å². The zero-order valence-electron chi connectivity index (χ0n) is 14.5. The summed E-state index contributed by atoms with van der Waals surface area (Å²) in [4.78, 5) is 15.4. The Morgan fingerprint density at radius 1 is 1.19 bits per heavy atom. The van der Waals surface area contributed by atoms with Gasteiger partial charge in [0.1, 0.15) is 11.6 Å². The van der Waals surface area contributed by atoms with Gasteiger partial charge < -0.3 is 9.84 Å². The summed E-state index contributed by atoms with van der Waals surface area (Å²) in [5.74, 6) is -0.764. The third-order valence-electron chi connectivity index (χ3n) is 4.25. The van der Waals surface area contributed by atoms with Crippen molar-refractivity contribution in [3.63, 3.8) is 0 Å². The topological polar surface area (TPSA) is 59.4 Å². The van der Waals surface area contributed by atoms with Crippen LogP contribution in [0.5, 0.6) is 5.75 Å². The molecular weight excluding hydrogens is 333 g/mol. The molecule has 0 saturated heterocycles. The molecule has 0 aliphatic carbocycles. The van der Waals surface area contributed by atoms with Gasteiger partial charge in [-0.3, -0.25) is 4.98 Å². The Morgan fingerprint density at radius 2 is 2.00 bits per heavy atom. The second-order valence-corrected chi connectivity index (χ2v) is 5.97. The first kappa shape index (κ1) is 17.6. The molecule has 1 N–H and O–H groups in total. The highest BCUT2D eigenvalue weighted by Gasteiger charge is 2.15. The number of rotatable bonds is 5. The maximum atomic E-state index is 14.7. The second kappa shape index (κ2) is 7.35. The summed E-state index contributed by atoms with van der Waals surface area (Å²) in [6.45, 7) is 1.90. The first-order valence-electron chi connectivity index (χ1n) is 8.10. The molecule has 0 atom stereocenters. The van der Waals surface area contributed by atoms with E-state index in [4.69, 9.17) is 4.74 Å². The molecule has 0 aliphatic heterocycles. The number of hydrogen-bond acceptors (Lipinski definition) is 3. The Bertz CT molecular complexity index is 969. The number of methoxy groups -OCH3 is 1. The van der Waals surface area contributed by atoms with Crippen LogP contribution in [-0.4, -0.2) is 23.2 Å². The maximum absolute atomic E-state index is 14.7. The average Bonchev–Trinajstić information content (AvgIpc) is 2.64. The van der Waals surface area contributed by atoms with Gasteiger partial charge in [0.2, 0.25) is 0 Å². The zero-order valence-corrected chi connectivity index (χ0v) is 14.5. The van der Waals surface area contributed by atoms with Crippen molar-refractivity contribution in [3.05, 3.63) is 82.9 Å². The van der Waals surface area contributed by atoms with Crippen LogP contribution in [0.25, 0.3) is 11.1 Å². The molecule has 26 heavy (non-hydrogen) atoms. The monoisotopic (exact) mass is 351 g/mol. The Balaban J connectivity index is 1.99. The molecule has 0 spiro atoms. The summed E-state index contributed by atoms with van der Waals surface area (Å²) in [5, 5.41) is 9.26. The highest BCUT2D eigenvalue weighted by Crippen LogP contribution is 2.29. The number of hydrogen-bond donors (Lipinski definition) is 1. The molecule has 1 heterocycles. The first-order valence-corrected chi connectivity index (χ1v) is 8.10. The summed E-state index contributed by atoms with van der Waals surface area (Å²) >= 11 is 0. The van der Waals surface area contributed by atoms with E-state index in [1.807, 2.05) is 31.2 Å². The minimum Gasteiger partial charge on any atom is -0.497 e. The predicted octanol–water partition coefficient (Wildman–Crippen LogP) is 4.49. The maximum Gasteiger partial charge on any atom is 0.337 e. The van der Waals surface area contributed by atoms with Crippen molar-refractivity contribution in [1.29, 1.82) is 0 Å². The molecule has 2 aromatic carbocycles. The van der Waals surface area contributed by atoms with E-state index in [0.29, 0.717) is 17.0 Å². The number of nitrogens with zero attached hydrogens (tertiary/aromatic N) is 1. The fraction of sp³-hybridized carbons (Fsp3) is 0.143. The summed E-state index contributed by atoms with van der Waals surface area (Å²) in [5.41, 5.74) is 3.35. The fourth-order valence-electron chi connectivity index (χ4n) is 2.93. The molecule has 0 bridgehead atoms. The van der Waals surface area contributed by atoms with Crippen molar-refractivity contribution >= 4 is 5.97 Å². The molecule has 0 radical (unpaired) electrons. The Kier molecular flexibility index (Phi) is 4.98. The molecule has 3 rings (SSSR count). The van der Waals surface area contributed by atoms with E-state index in [0.717, 1.165) is 16.7 Å². The van der Waals surface area contributed by atoms with Crippen LogP contribution in [0, 0.1) is 12.7 Å². The number of benzene rings is 2. The van der Waals surface area contributed by atoms with Crippen LogP contribution in [0.3, 0.4) is 0 Å². The van der Waals surface area contributed by atoms with Crippen molar-refractivity contribution in [2.75, 3.05) is 7.11 Å². The summed E-state index contributed by atoms with van der Waals surface area (Å²) < 4.78 is 19.9. The van der Waals surface area contributed by atoms with Crippen molar-refractivity contribution < 1.29 is 19.0 Å². The minimum atomic E-state index is -1.07. The van der Waals surface area contributed by atoms with Crippen molar-refractivity contribution in [2.45, 2.75) is 13.3 Å². The van der Waals surface area contributed by atoms with Gasteiger partial charge in [-0.2, -0.15) is 0 Å². The second-order valence-electron chi connectivity index (χ2n) is 5.97. The van der Waals surface area contributed by atoms with Crippen LogP contribution in [-0.2, 0) is 6.42 Å². The number of carboxylic acid groups (broad SMARTS) is 1. The summed E-state index contributed by atoms with van der Waals surface area (Å²) in [6.07, 6.45) is 1.63. The van der Waals surface area contributed by atoms with Crippen LogP contribution in [0.4, 0.5) is 4.39 Å². The van der Waals surface area contributed by atoms with Crippen LogP contribution in [0.1, 0.15) is 27.2 Å². The number of halogens is 1. The van der Waals surface area contributed by atoms with Crippen LogP contribution < -0.4 is 4.74 Å². The fourth-order valence-corrected chi connectivity index (χ4v) is 2.93. The standard InChI is InChI=1S/C21H18FNO3/c1-13-9-15(11-20-17(21(24)25)7-4-8-23-20)19(22)12-18(13)14-5-3-6-16(10-14)26-2/h3-10,12H,11H2,1-2H3,(H,24,25). The predicted molar refractivity (Wildman–Crippen MR) is 97.1 cm³/mol. The van der Waals surface area contributed by atoms with E-state index in [-0.39, 0.29) is 12.0 Å². The third kappa shape index (κ3) is 3.57. The van der Waals surface area contributed by atoms with E-state index in [9.17, 15) is 14.3 Å². The van der Waals surface area contributed by atoms with Gasteiger partial charge in [-0.05, 0) is 59.5 Å². The van der Waals surface area contributed by atoms with Gasteiger partial charge in [0.15, 0.2) is 0 Å². The third-order valence-corrected chi connectivity index (χ3v) is 4.25. The summed E-state index contributed by atoms with van der Waals surface area (Å²) in [7, 11) is 1.59. The van der Waals surface area contributed by atoms with Gasteiger partial charge in [-0.25, -0.2) is 9.18 Å². The van der Waals surface area contributed by atoms with Crippen molar-refractivity contribution in [3.8, 4) is 16.9 Å². The molecule has 1 aromatic heterocycles. The lowest BCUT2D eigenvalue weighted by Gasteiger charge is -2.12. The SMILES string of the molecule is COc1cccc(-c2cc(F)c(Cc3ncccc3C(=O)O)cc2C)c1. The summed E-state index contributed by atoms with van der Waals surface area (Å²) in [6, 6.07) is 13.7. The average molecular weight is 351 g/mol. The Hall–Kier alpha value is -3.21. The smallest absolute Gasteiger partial charge is 0.337 e. The highest BCUT2D eigenvalue weighted by atomic mass is 19.1. The lowest BCUT2D eigenvalue weighted by Crippen LogP contribution is -2.06. The number of aromatic carboxylic acids is 1. The first-order chi connectivity index (χ1) is 12.5. The molecule has 3 aromatic rings. The van der Waals surface area contributed by atoms with Crippen LogP contribution >= 0.6 is 0 Å². The van der Waals surface area contributed by atoms with Gasteiger partial charge in [0.25, 0.3) is 0 Å². The van der Waals surface area contributed by atoms with Crippen LogP contribution in [0.15, 0.2) is 54.7 Å². The van der Waals surface area contributed by atoms with Gasteiger partial charge >= 0.3 is 5.97 Å². The van der Waals surface area contributed by atoms with Crippen molar-refractivity contribution in [1.82, 2.24) is 4.98 Å². The number of carbonyl (C=O) groups is 1. The zero-order chi connectivity index (χ0) is 18.7. The lowest BCUT2D eigenvalue weighted by atomic mass is 9.95. The molecular formula is C21H18FNO3. The van der Waals surface area contributed by atoms with Gasteiger partial charge in [0, 0.05) is 12.6 Å². The van der Waals surface area contributed by atoms with Gasteiger partial charge in [0.05, 0.1) is 18.4 Å². The molecule has 0 aliphatic rings. The van der Waals surface area contributed by atoms with E-state index in [1.54, 1.807) is 19.2 Å². The molecule has 5 heteroatoms. The number of pyridine rings is 1. The Labute approximate surface area is 150 Å². The van der Waals surface area contributed by atoms with E-state index in [1.165, 1.54) is 18.3 Å². The molecule has 0 fully saturated rings. The minimum absolute atomic E-state index is 0.0847. The highest BCUT2D eigenvalue weighted by molar-refractivity contribution is 5.88. The van der Waals surface area contributed by atoms with Crippen molar-refractivity contribution in [2.24, 2.45) is 0 Å². The molecule has 132 valence electrons. The van der Waals surface area contributed by atoms with E-state index in [2.05, 4.69) is 4.98 Å². The quantitative estimate of drug-likeness (QED) is 0.735. The van der Waals surface area contributed by atoms with Crippen LogP contribution in [0.2, 0.25) is 0 Å². The lowest BCUT2D eigenvalue weighted by molar-refractivity contribution is 0.0695. The molecule has 0 unspecified atom stereocenters.